The summed E-state index contributed by atoms with van der Waals surface area (Å²) in [6.07, 6.45) is 0.815. The zero-order chi connectivity index (χ0) is 15.8. The van der Waals surface area contributed by atoms with Gasteiger partial charge < -0.3 is 5.32 Å². The van der Waals surface area contributed by atoms with Crippen LogP contribution in [0.5, 0.6) is 0 Å². The average molecular weight is 336 g/mol. The first-order valence-corrected chi connectivity index (χ1v) is 9.14. The van der Waals surface area contributed by atoms with E-state index in [1.807, 2.05) is 6.92 Å². The van der Waals surface area contributed by atoms with E-state index in [4.69, 9.17) is 0 Å². The van der Waals surface area contributed by atoms with Gasteiger partial charge in [-0.15, -0.1) is 16.9 Å². The van der Waals surface area contributed by atoms with E-state index >= 15 is 0 Å². The van der Waals surface area contributed by atoms with Crippen molar-refractivity contribution in [1.82, 2.24) is 20.5 Å². The lowest BCUT2D eigenvalue weighted by Gasteiger charge is -2.04. The van der Waals surface area contributed by atoms with Crippen LogP contribution in [0.3, 0.4) is 0 Å². The topological polar surface area (TPSA) is 70.7 Å². The molecule has 0 spiro atoms. The first-order valence-electron chi connectivity index (χ1n) is 7.17. The molecule has 0 aliphatic rings. The maximum Gasteiger partial charge on any atom is 0.230 e. The molecule has 2 aromatic rings. The largest absolute Gasteiger partial charge is 0.355 e. The average Bonchev–Trinajstić information content (AvgIpc) is 2.99. The lowest BCUT2D eigenvalue weighted by atomic mass is 10.2. The van der Waals surface area contributed by atoms with E-state index in [0.717, 1.165) is 18.0 Å². The SMILES string of the molecule is CCc1nc(SCC(=O)NCCSc2ccc(C)cc2)n[nH]1. The number of amides is 1. The Hall–Kier alpha value is -1.47. The quantitative estimate of drug-likeness (QED) is 0.573. The summed E-state index contributed by atoms with van der Waals surface area (Å²) in [5, 5.41) is 10.4. The molecule has 22 heavy (non-hydrogen) atoms. The number of hydrogen-bond donors (Lipinski definition) is 2. The second-order valence-electron chi connectivity index (χ2n) is 4.72. The van der Waals surface area contributed by atoms with Gasteiger partial charge in [0, 0.05) is 23.6 Å². The van der Waals surface area contributed by atoms with Crippen LogP contribution in [0.2, 0.25) is 0 Å². The fourth-order valence-electron chi connectivity index (χ4n) is 1.68. The number of aromatic amines is 1. The Labute approximate surface area is 139 Å². The van der Waals surface area contributed by atoms with E-state index in [-0.39, 0.29) is 5.91 Å². The number of aryl methyl sites for hydroxylation is 2. The van der Waals surface area contributed by atoms with Gasteiger partial charge in [-0.05, 0) is 19.1 Å². The molecule has 0 atom stereocenters. The van der Waals surface area contributed by atoms with Gasteiger partial charge in [0.15, 0.2) is 0 Å². The Morgan fingerprint density at radius 2 is 2.05 bits per heavy atom. The molecule has 0 unspecified atom stereocenters. The van der Waals surface area contributed by atoms with Crippen LogP contribution in [-0.2, 0) is 11.2 Å². The molecule has 2 rings (SSSR count). The molecule has 0 saturated carbocycles. The van der Waals surface area contributed by atoms with Crippen LogP contribution in [0.25, 0.3) is 0 Å². The monoisotopic (exact) mass is 336 g/mol. The highest BCUT2D eigenvalue weighted by atomic mass is 32.2. The highest BCUT2D eigenvalue weighted by Crippen LogP contribution is 2.17. The lowest BCUT2D eigenvalue weighted by Crippen LogP contribution is -2.27. The van der Waals surface area contributed by atoms with Crippen molar-refractivity contribution in [2.24, 2.45) is 0 Å². The third kappa shape index (κ3) is 5.73. The molecule has 0 aliphatic heterocycles. The predicted octanol–water partition coefficient (Wildman–Crippen LogP) is 2.68. The predicted molar refractivity (Wildman–Crippen MR) is 91.4 cm³/mol. The summed E-state index contributed by atoms with van der Waals surface area (Å²) < 4.78 is 0. The first-order chi connectivity index (χ1) is 10.7. The summed E-state index contributed by atoms with van der Waals surface area (Å²) >= 11 is 3.09. The van der Waals surface area contributed by atoms with Crippen LogP contribution >= 0.6 is 23.5 Å². The molecule has 1 heterocycles. The zero-order valence-corrected chi connectivity index (χ0v) is 14.4. The molecule has 5 nitrogen and oxygen atoms in total. The van der Waals surface area contributed by atoms with Gasteiger partial charge in [-0.1, -0.05) is 36.4 Å². The Morgan fingerprint density at radius 1 is 1.27 bits per heavy atom. The third-order valence-corrected chi connectivity index (χ3v) is 4.75. The molecule has 1 aromatic carbocycles. The van der Waals surface area contributed by atoms with Crippen LogP contribution in [0.1, 0.15) is 18.3 Å². The van der Waals surface area contributed by atoms with Crippen LogP contribution in [0, 0.1) is 6.92 Å². The van der Waals surface area contributed by atoms with Crippen LogP contribution in [-0.4, -0.2) is 39.1 Å². The van der Waals surface area contributed by atoms with E-state index in [0.29, 0.717) is 17.5 Å². The molecule has 0 radical (unpaired) electrons. The maximum atomic E-state index is 11.7. The van der Waals surface area contributed by atoms with Gasteiger partial charge in [0.2, 0.25) is 11.1 Å². The van der Waals surface area contributed by atoms with E-state index in [2.05, 4.69) is 51.7 Å². The molecule has 0 aliphatic carbocycles. The number of aromatic nitrogens is 3. The minimum atomic E-state index is 0.0114. The molecular formula is C15H20N4OS2. The number of nitrogens with zero attached hydrogens (tertiary/aromatic N) is 2. The molecule has 0 bridgehead atoms. The van der Waals surface area contributed by atoms with Crippen LogP contribution in [0.15, 0.2) is 34.3 Å². The molecule has 1 amide bonds. The molecule has 118 valence electrons. The first kappa shape index (κ1) is 16.9. The van der Waals surface area contributed by atoms with Crippen molar-refractivity contribution in [1.29, 1.82) is 0 Å². The van der Waals surface area contributed by atoms with E-state index < -0.39 is 0 Å². The van der Waals surface area contributed by atoms with Gasteiger partial charge in [-0.3, -0.25) is 9.89 Å². The number of rotatable bonds is 8. The van der Waals surface area contributed by atoms with Crippen molar-refractivity contribution in [2.45, 2.75) is 30.3 Å². The Morgan fingerprint density at radius 3 is 2.73 bits per heavy atom. The molecule has 1 aromatic heterocycles. The number of nitrogens with one attached hydrogen (secondary N) is 2. The van der Waals surface area contributed by atoms with Gasteiger partial charge in [0.25, 0.3) is 0 Å². The number of benzene rings is 1. The highest BCUT2D eigenvalue weighted by Gasteiger charge is 2.06. The second kappa shape index (κ2) is 8.85. The molecule has 0 fully saturated rings. The van der Waals surface area contributed by atoms with Crippen molar-refractivity contribution in [3.8, 4) is 0 Å². The van der Waals surface area contributed by atoms with Gasteiger partial charge in [0.1, 0.15) is 5.82 Å². The Kier molecular flexibility index (Phi) is 6.79. The fraction of sp³-hybridized carbons (Fsp3) is 0.400. The third-order valence-electron chi connectivity index (χ3n) is 2.89. The second-order valence-corrected chi connectivity index (χ2v) is 6.83. The smallest absolute Gasteiger partial charge is 0.230 e. The highest BCUT2D eigenvalue weighted by molar-refractivity contribution is 7.99. The Balaban J connectivity index is 1.60. The number of carbonyl (C=O) groups excluding carboxylic acids is 1. The van der Waals surface area contributed by atoms with Crippen molar-refractivity contribution >= 4 is 29.4 Å². The summed E-state index contributed by atoms with van der Waals surface area (Å²) in [5.74, 6) is 2.06. The van der Waals surface area contributed by atoms with E-state index in [1.54, 1.807) is 11.8 Å². The summed E-state index contributed by atoms with van der Waals surface area (Å²) in [7, 11) is 0. The standard InChI is InChI=1S/C15H20N4OS2/c1-3-13-17-15(19-18-13)22-10-14(20)16-8-9-21-12-6-4-11(2)5-7-12/h4-7H,3,8-10H2,1-2H3,(H,16,20)(H,17,18,19). The fourth-order valence-corrected chi connectivity index (χ4v) is 3.09. The Bertz CT molecular complexity index is 598. The van der Waals surface area contributed by atoms with Gasteiger partial charge >= 0.3 is 0 Å². The van der Waals surface area contributed by atoms with Crippen molar-refractivity contribution in [2.75, 3.05) is 18.1 Å². The van der Waals surface area contributed by atoms with E-state index in [1.165, 1.54) is 22.2 Å². The van der Waals surface area contributed by atoms with Crippen LogP contribution in [0.4, 0.5) is 0 Å². The molecule has 7 heteroatoms. The summed E-state index contributed by atoms with van der Waals surface area (Å²) in [6.45, 7) is 4.74. The van der Waals surface area contributed by atoms with Crippen molar-refractivity contribution in [3.63, 3.8) is 0 Å². The zero-order valence-electron chi connectivity index (χ0n) is 12.8. The number of thioether (sulfide) groups is 2. The van der Waals surface area contributed by atoms with Gasteiger partial charge in [-0.2, -0.15) is 0 Å². The summed E-state index contributed by atoms with van der Waals surface area (Å²) in [5.41, 5.74) is 1.26. The van der Waals surface area contributed by atoms with Gasteiger partial charge in [-0.25, -0.2) is 4.98 Å². The normalized spacial score (nSPS) is 10.6. The van der Waals surface area contributed by atoms with Gasteiger partial charge in [0.05, 0.1) is 5.75 Å². The molecular weight excluding hydrogens is 316 g/mol. The van der Waals surface area contributed by atoms with Crippen LogP contribution < -0.4 is 5.32 Å². The molecule has 2 N–H and O–H groups in total. The number of hydrogen-bond acceptors (Lipinski definition) is 5. The van der Waals surface area contributed by atoms with E-state index in [9.17, 15) is 4.79 Å². The van der Waals surface area contributed by atoms with Crippen molar-refractivity contribution < 1.29 is 4.79 Å². The molecule has 0 saturated heterocycles. The van der Waals surface area contributed by atoms with Crippen molar-refractivity contribution in [3.05, 3.63) is 35.7 Å². The summed E-state index contributed by atoms with van der Waals surface area (Å²) in [6, 6.07) is 8.40. The lowest BCUT2D eigenvalue weighted by molar-refractivity contribution is -0.118. The number of carbonyl (C=O) groups is 1. The summed E-state index contributed by atoms with van der Waals surface area (Å²) in [4.78, 5) is 17.2. The minimum absolute atomic E-state index is 0.0114. The maximum absolute atomic E-state index is 11.7. The number of H-pyrrole nitrogens is 1. The minimum Gasteiger partial charge on any atom is -0.355 e.